The van der Waals surface area contributed by atoms with Gasteiger partial charge in [-0.05, 0) is 43.4 Å². The Balaban J connectivity index is 1.97. The van der Waals surface area contributed by atoms with Gasteiger partial charge in [-0.3, -0.25) is 4.79 Å². The van der Waals surface area contributed by atoms with Gasteiger partial charge >= 0.3 is 0 Å². The molecule has 0 bridgehead atoms. The van der Waals surface area contributed by atoms with Gasteiger partial charge in [-0.2, -0.15) is 4.31 Å². The number of carbonyl (C=O) groups is 1. The molecule has 2 aromatic rings. The summed E-state index contributed by atoms with van der Waals surface area (Å²) in [5.74, 6) is 0.455. The molecular formula is C21H26N2O4S. The summed E-state index contributed by atoms with van der Waals surface area (Å²) in [6, 6.07) is 14.1. The molecule has 0 spiro atoms. The van der Waals surface area contributed by atoms with E-state index in [4.69, 9.17) is 4.74 Å². The highest BCUT2D eigenvalue weighted by Gasteiger charge is 2.38. The first-order chi connectivity index (χ1) is 13.3. The van der Waals surface area contributed by atoms with E-state index in [-0.39, 0.29) is 16.8 Å². The van der Waals surface area contributed by atoms with Gasteiger partial charge in [0, 0.05) is 25.6 Å². The van der Waals surface area contributed by atoms with Crippen molar-refractivity contribution in [2.75, 3.05) is 12.4 Å². The van der Waals surface area contributed by atoms with E-state index in [0.717, 1.165) is 18.4 Å². The summed E-state index contributed by atoms with van der Waals surface area (Å²) in [5, 5.41) is 2.65. The second-order valence-electron chi connectivity index (χ2n) is 7.16. The van der Waals surface area contributed by atoms with E-state index in [2.05, 4.69) is 5.32 Å². The van der Waals surface area contributed by atoms with Crippen LogP contribution in [0, 0.1) is 5.92 Å². The van der Waals surface area contributed by atoms with Crippen LogP contribution in [0.25, 0.3) is 0 Å². The van der Waals surface area contributed by atoms with Crippen molar-refractivity contribution in [3.8, 4) is 5.75 Å². The molecule has 0 aromatic heterocycles. The maximum atomic E-state index is 13.5. The standard InChI is InChI=1S/C21H26N2O4S/c1-15(18-9-10-18)23(14-17-7-5-4-6-8-17)28(25,26)19-11-12-20(22-16(2)24)21(13-19)27-3/h4-8,11-13,15,18H,9-10,14H2,1-3H3,(H,22,24)/t15-/m0/s1. The number of anilines is 1. The Morgan fingerprint density at radius 3 is 2.46 bits per heavy atom. The summed E-state index contributed by atoms with van der Waals surface area (Å²) < 4.78 is 33.9. The summed E-state index contributed by atoms with van der Waals surface area (Å²) >= 11 is 0. The first-order valence-corrected chi connectivity index (χ1v) is 10.8. The van der Waals surface area contributed by atoms with Gasteiger partial charge in [0.2, 0.25) is 15.9 Å². The van der Waals surface area contributed by atoms with Gasteiger partial charge in [0.25, 0.3) is 0 Å². The smallest absolute Gasteiger partial charge is 0.243 e. The van der Waals surface area contributed by atoms with Gasteiger partial charge < -0.3 is 10.1 Å². The van der Waals surface area contributed by atoms with Gasteiger partial charge in [0.05, 0.1) is 17.7 Å². The molecule has 1 aliphatic carbocycles. The van der Waals surface area contributed by atoms with Gasteiger partial charge in [0.15, 0.2) is 0 Å². The highest BCUT2D eigenvalue weighted by Crippen LogP contribution is 2.38. The maximum Gasteiger partial charge on any atom is 0.243 e. The minimum atomic E-state index is -3.74. The largest absolute Gasteiger partial charge is 0.495 e. The molecule has 0 saturated heterocycles. The summed E-state index contributed by atoms with van der Waals surface area (Å²) in [7, 11) is -2.29. The van der Waals surface area contributed by atoms with Crippen LogP contribution in [-0.2, 0) is 21.4 Å². The van der Waals surface area contributed by atoms with Gasteiger partial charge in [-0.25, -0.2) is 8.42 Å². The van der Waals surface area contributed by atoms with Crippen LogP contribution in [0.4, 0.5) is 5.69 Å². The highest BCUT2D eigenvalue weighted by atomic mass is 32.2. The molecule has 150 valence electrons. The molecule has 1 fully saturated rings. The van der Waals surface area contributed by atoms with E-state index < -0.39 is 10.0 Å². The van der Waals surface area contributed by atoms with E-state index in [1.807, 2.05) is 37.3 Å². The molecule has 0 aliphatic heterocycles. The number of nitrogens with zero attached hydrogens (tertiary/aromatic N) is 1. The molecule has 0 unspecified atom stereocenters. The first kappa shape index (κ1) is 20.4. The molecule has 1 saturated carbocycles. The van der Waals surface area contributed by atoms with Crippen LogP contribution in [0.15, 0.2) is 53.4 Å². The summed E-state index contributed by atoms with van der Waals surface area (Å²) in [5.41, 5.74) is 1.39. The summed E-state index contributed by atoms with van der Waals surface area (Å²) in [6.45, 7) is 3.68. The zero-order chi connectivity index (χ0) is 20.3. The highest BCUT2D eigenvalue weighted by molar-refractivity contribution is 7.89. The molecule has 1 aliphatic rings. The van der Waals surface area contributed by atoms with Crippen LogP contribution in [0.1, 0.15) is 32.3 Å². The van der Waals surface area contributed by atoms with Crippen LogP contribution in [0.2, 0.25) is 0 Å². The maximum absolute atomic E-state index is 13.5. The van der Waals surface area contributed by atoms with Crippen molar-refractivity contribution in [1.82, 2.24) is 4.31 Å². The first-order valence-electron chi connectivity index (χ1n) is 9.34. The Hall–Kier alpha value is -2.38. The Bertz CT molecular complexity index is 940. The summed E-state index contributed by atoms with van der Waals surface area (Å²) in [4.78, 5) is 11.5. The topological polar surface area (TPSA) is 75.7 Å². The van der Waals surface area contributed by atoms with Crippen molar-refractivity contribution >= 4 is 21.6 Å². The lowest BCUT2D eigenvalue weighted by molar-refractivity contribution is -0.114. The minimum absolute atomic E-state index is 0.0915. The lowest BCUT2D eigenvalue weighted by Crippen LogP contribution is -2.39. The fraction of sp³-hybridized carbons (Fsp3) is 0.381. The molecule has 3 rings (SSSR count). The number of hydrogen-bond donors (Lipinski definition) is 1. The molecule has 1 amide bonds. The van der Waals surface area contributed by atoms with E-state index >= 15 is 0 Å². The lowest BCUT2D eigenvalue weighted by Gasteiger charge is -2.29. The molecule has 1 atom stereocenters. The number of rotatable bonds is 8. The fourth-order valence-corrected chi connectivity index (χ4v) is 4.98. The number of benzene rings is 2. The third kappa shape index (κ3) is 4.54. The number of ether oxygens (including phenoxy) is 1. The zero-order valence-electron chi connectivity index (χ0n) is 16.4. The molecule has 28 heavy (non-hydrogen) atoms. The number of hydrogen-bond acceptors (Lipinski definition) is 4. The Kier molecular flexibility index (Phi) is 6.05. The number of methoxy groups -OCH3 is 1. The van der Waals surface area contributed by atoms with Crippen LogP contribution >= 0.6 is 0 Å². The van der Waals surface area contributed by atoms with Crippen LogP contribution in [-0.4, -0.2) is 31.8 Å². The molecule has 7 heteroatoms. The third-order valence-corrected chi connectivity index (χ3v) is 6.96. The number of carbonyl (C=O) groups excluding carboxylic acids is 1. The van der Waals surface area contributed by atoms with Crippen molar-refractivity contribution in [1.29, 1.82) is 0 Å². The predicted octanol–water partition coefficient (Wildman–Crippen LogP) is 3.64. The average Bonchev–Trinajstić information content (AvgIpc) is 3.51. The van der Waals surface area contributed by atoms with Crippen LogP contribution in [0.5, 0.6) is 5.75 Å². The van der Waals surface area contributed by atoms with E-state index in [1.165, 1.54) is 26.2 Å². The quantitative estimate of drug-likeness (QED) is 0.731. The second-order valence-corrected chi connectivity index (χ2v) is 9.05. The zero-order valence-corrected chi connectivity index (χ0v) is 17.2. The molecular weight excluding hydrogens is 376 g/mol. The monoisotopic (exact) mass is 402 g/mol. The fourth-order valence-electron chi connectivity index (χ4n) is 3.29. The normalized spacial score (nSPS) is 15.3. The van der Waals surface area contributed by atoms with Crippen molar-refractivity contribution in [2.45, 2.75) is 44.2 Å². The average molecular weight is 403 g/mol. The van der Waals surface area contributed by atoms with Gasteiger partial charge in [-0.15, -0.1) is 0 Å². The van der Waals surface area contributed by atoms with Gasteiger partial charge in [0.1, 0.15) is 5.75 Å². The number of amides is 1. The minimum Gasteiger partial charge on any atom is -0.495 e. The van der Waals surface area contributed by atoms with Crippen molar-refractivity contribution in [2.24, 2.45) is 5.92 Å². The predicted molar refractivity (Wildman–Crippen MR) is 109 cm³/mol. The van der Waals surface area contributed by atoms with Crippen molar-refractivity contribution in [3.63, 3.8) is 0 Å². The van der Waals surface area contributed by atoms with Crippen molar-refractivity contribution < 1.29 is 17.9 Å². The van der Waals surface area contributed by atoms with E-state index in [0.29, 0.717) is 23.9 Å². The van der Waals surface area contributed by atoms with E-state index in [1.54, 1.807) is 10.4 Å². The Morgan fingerprint density at radius 2 is 1.89 bits per heavy atom. The third-order valence-electron chi connectivity index (χ3n) is 5.03. The Morgan fingerprint density at radius 1 is 1.21 bits per heavy atom. The molecule has 0 heterocycles. The molecule has 2 aromatic carbocycles. The Labute approximate surface area is 166 Å². The van der Waals surface area contributed by atoms with Crippen LogP contribution in [0.3, 0.4) is 0 Å². The number of sulfonamides is 1. The molecule has 0 radical (unpaired) electrons. The van der Waals surface area contributed by atoms with Crippen molar-refractivity contribution in [3.05, 3.63) is 54.1 Å². The van der Waals surface area contributed by atoms with Crippen LogP contribution < -0.4 is 10.1 Å². The second kappa shape index (κ2) is 8.32. The van der Waals surface area contributed by atoms with E-state index in [9.17, 15) is 13.2 Å². The summed E-state index contributed by atoms with van der Waals surface area (Å²) in [6.07, 6.45) is 2.10. The SMILES string of the molecule is COc1cc(S(=O)(=O)N(Cc2ccccc2)[C@@H](C)C2CC2)ccc1NC(C)=O. The molecule has 1 N–H and O–H groups in total. The number of nitrogens with one attached hydrogen (secondary N) is 1. The molecule has 6 nitrogen and oxygen atoms in total. The lowest BCUT2D eigenvalue weighted by atomic mass is 10.2. The van der Waals surface area contributed by atoms with Gasteiger partial charge in [-0.1, -0.05) is 30.3 Å².